The Balaban J connectivity index is 1.63. The standard InChI is InChI=1S/C8H15ClN2/c9-1-2-10-5-8-7-3-6(7)4-11-8/h6-8,10-11H,1-5H2/t6-,7?,8+/m0/s1. The fraction of sp³-hybridized carbons (Fsp3) is 1.00. The summed E-state index contributed by atoms with van der Waals surface area (Å²) in [4.78, 5) is 0. The number of hydrogen-bond donors (Lipinski definition) is 2. The number of nitrogens with one attached hydrogen (secondary N) is 2. The number of alkyl halides is 1. The fourth-order valence-corrected chi connectivity index (χ4v) is 2.13. The average Bonchev–Trinajstić information content (AvgIpc) is 2.70. The van der Waals surface area contributed by atoms with E-state index in [0.717, 1.165) is 36.8 Å². The van der Waals surface area contributed by atoms with Crippen molar-refractivity contribution in [3.63, 3.8) is 0 Å². The molecule has 11 heavy (non-hydrogen) atoms. The van der Waals surface area contributed by atoms with E-state index in [1.54, 1.807) is 0 Å². The number of piperidine rings is 1. The lowest BCUT2D eigenvalue weighted by Gasteiger charge is -2.12. The van der Waals surface area contributed by atoms with Gasteiger partial charge in [-0.15, -0.1) is 11.6 Å². The van der Waals surface area contributed by atoms with Crippen LogP contribution in [0.25, 0.3) is 0 Å². The summed E-state index contributed by atoms with van der Waals surface area (Å²) in [6, 6.07) is 0.739. The van der Waals surface area contributed by atoms with Crippen LogP contribution in [0.15, 0.2) is 0 Å². The summed E-state index contributed by atoms with van der Waals surface area (Å²) in [6.07, 6.45) is 1.46. The zero-order valence-electron chi connectivity index (χ0n) is 6.65. The van der Waals surface area contributed by atoms with Gasteiger partial charge in [0, 0.05) is 25.0 Å². The molecule has 2 fully saturated rings. The maximum atomic E-state index is 5.55. The van der Waals surface area contributed by atoms with Crippen molar-refractivity contribution in [1.82, 2.24) is 10.6 Å². The molecule has 3 atom stereocenters. The SMILES string of the molecule is ClCCNC[C@H]1NC[C@@H]2CC21. The number of hydrogen-bond acceptors (Lipinski definition) is 2. The average molecular weight is 175 g/mol. The summed E-state index contributed by atoms with van der Waals surface area (Å²) in [6.45, 7) is 3.29. The minimum Gasteiger partial charge on any atom is -0.314 e. The van der Waals surface area contributed by atoms with Crippen molar-refractivity contribution in [2.45, 2.75) is 12.5 Å². The van der Waals surface area contributed by atoms with E-state index in [1.807, 2.05) is 0 Å². The summed E-state index contributed by atoms with van der Waals surface area (Å²) in [7, 11) is 0. The van der Waals surface area contributed by atoms with Crippen molar-refractivity contribution in [3.8, 4) is 0 Å². The summed E-state index contributed by atoms with van der Waals surface area (Å²) in [5.41, 5.74) is 0. The second kappa shape index (κ2) is 3.30. The second-order valence-corrected chi connectivity index (χ2v) is 3.95. The summed E-state index contributed by atoms with van der Waals surface area (Å²) in [5, 5.41) is 6.85. The van der Waals surface area contributed by atoms with Crippen LogP contribution in [-0.2, 0) is 0 Å². The van der Waals surface area contributed by atoms with Crippen molar-refractivity contribution in [2.75, 3.05) is 25.5 Å². The van der Waals surface area contributed by atoms with E-state index in [1.165, 1.54) is 13.0 Å². The van der Waals surface area contributed by atoms with Gasteiger partial charge in [-0.1, -0.05) is 0 Å². The maximum absolute atomic E-state index is 5.55. The molecule has 0 spiro atoms. The van der Waals surface area contributed by atoms with Crippen LogP contribution in [0, 0.1) is 11.8 Å². The predicted molar refractivity (Wildman–Crippen MR) is 47.0 cm³/mol. The smallest absolute Gasteiger partial charge is 0.0348 e. The Kier molecular flexibility index (Phi) is 2.35. The molecule has 1 unspecified atom stereocenters. The molecule has 1 saturated heterocycles. The Morgan fingerprint density at radius 1 is 1.55 bits per heavy atom. The Morgan fingerprint density at radius 3 is 3.00 bits per heavy atom. The normalized spacial score (nSPS) is 40.6. The first kappa shape index (κ1) is 7.84. The second-order valence-electron chi connectivity index (χ2n) is 3.57. The highest BCUT2D eigenvalue weighted by atomic mass is 35.5. The highest BCUT2D eigenvalue weighted by molar-refractivity contribution is 6.18. The third-order valence-electron chi connectivity index (χ3n) is 2.77. The van der Waals surface area contributed by atoms with Gasteiger partial charge in [0.05, 0.1) is 0 Å². The van der Waals surface area contributed by atoms with Gasteiger partial charge in [-0.2, -0.15) is 0 Å². The van der Waals surface area contributed by atoms with E-state index in [2.05, 4.69) is 10.6 Å². The van der Waals surface area contributed by atoms with Crippen LogP contribution in [0.1, 0.15) is 6.42 Å². The van der Waals surface area contributed by atoms with Crippen LogP contribution < -0.4 is 10.6 Å². The molecule has 1 saturated carbocycles. The summed E-state index contributed by atoms with van der Waals surface area (Å²) < 4.78 is 0. The molecule has 1 heterocycles. The van der Waals surface area contributed by atoms with Gasteiger partial charge in [0.25, 0.3) is 0 Å². The summed E-state index contributed by atoms with van der Waals surface area (Å²) in [5.74, 6) is 2.72. The van der Waals surface area contributed by atoms with Gasteiger partial charge in [-0.05, 0) is 24.8 Å². The number of rotatable bonds is 4. The molecule has 0 aromatic carbocycles. The van der Waals surface area contributed by atoms with Crippen molar-refractivity contribution < 1.29 is 0 Å². The molecule has 0 aromatic heterocycles. The van der Waals surface area contributed by atoms with Crippen LogP contribution in [0.4, 0.5) is 0 Å². The van der Waals surface area contributed by atoms with E-state index in [0.29, 0.717) is 0 Å². The lowest BCUT2D eigenvalue weighted by atomic mass is 10.2. The largest absolute Gasteiger partial charge is 0.314 e. The molecule has 2 aliphatic rings. The molecule has 0 amide bonds. The molecule has 2 nitrogen and oxygen atoms in total. The molecule has 1 aliphatic heterocycles. The molecule has 1 aliphatic carbocycles. The Hall–Kier alpha value is 0.210. The molecule has 0 aromatic rings. The van der Waals surface area contributed by atoms with Crippen molar-refractivity contribution in [3.05, 3.63) is 0 Å². The molecule has 0 radical (unpaired) electrons. The first-order chi connectivity index (χ1) is 5.42. The minimum absolute atomic E-state index is 0.723. The Morgan fingerprint density at radius 2 is 2.45 bits per heavy atom. The number of fused-ring (bicyclic) bond motifs is 1. The highest BCUT2D eigenvalue weighted by Gasteiger charge is 2.47. The highest BCUT2D eigenvalue weighted by Crippen LogP contribution is 2.44. The molecule has 2 N–H and O–H groups in total. The van der Waals surface area contributed by atoms with Gasteiger partial charge >= 0.3 is 0 Å². The third-order valence-corrected chi connectivity index (χ3v) is 2.96. The van der Waals surface area contributed by atoms with Crippen LogP contribution in [0.3, 0.4) is 0 Å². The van der Waals surface area contributed by atoms with Gasteiger partial charge in [0.15, 0.2) is 0 Å². The molecule has 3 heteroatoms. The molecule has 0 bridgehead atoms. The van der Waals surface area contributed by atoms with E-state index in [4.69, 9.17) is 11.6 Å². The predicted octanol–water partition coefficient (Wildman–Crippen LogP) is 0.423. The van der Waals surface area contributed by atoms with E-state index >= 15 is 0 Å². The zero-order valence-corrected chi connectivity index (χ0v) is 7.40. The van der Waals surface area contributed by atoms with Gasteiger partial charge in [-0.25, -0.2) is 0 Å². The van der Waals surface area contributed by atoms with E-state index in [9.17, 15) is 0 Å². The van der Waals surface area contributed by atoms with Gasteiger partial charge in [0.1, 0.15) is 0 Å². The third kappa shape index (κ3) is 1.68. The minimum atomic E-state index is 0.723. The Labute approximate surface area is 72.7 Å². The van der Waals surface area contributed by atoms with Gasteiger partial charge < -0.3 is 10.6 Å². The van der Waals surface area contributed by atoms with Crippen LogP contribution in [0.5, 0.6) is 0 Å². The Bertz CT molecular complexity index is 140. The summed E-state index contributed by atoms with van der Waals surface area (Å²) >= 11 is 5.55. The fourth-order valence-electron chi connectivity index (χ4n) is 2.00. The van der Waals surface area contributed by atoms with Gasteiger partial charge in [0.2, 0.25) is 0 Å². The first-order valence-corrected chi connectivity index (χ1v) is 4.95. The van der Waals surface area contributed by atoms with Crippen LogP contribution >= 0.6 is 11.6 Å². The lowest BCUT2D eigenvalue weighted by Crippen LogP contribution is -2.37. The lowest BCUT2D eigenvalue weighted by molar-refractivity contribution is 0.495. The van der Waals surface area contributed by atoms with Crippen LogP contribution in [-0.4, -0.2) is 31.6 Å². The van der Waals surface area contributed by atoms with Crippen LogP contribution in [0.2, 0.25) is 0 Å². The van der Waals surface area contributed by atoms with Crippen molar-refractivity contribution >= 4 is 11.6 Å². The quantitative estimate of drug-likeness (QED) is 0.477. The van der Waals surface area contributed by atoms with Crippen molar-refractivity contribution in [1.29, 1.82) is 0 Å². The number of halogens is 1. The molecule has 2 rings (SSSR count). The molecular weight excluding hydrogens is 160 g/mol. The van der Waals surface area contributed by atoms with Crippen molar-refractivity contribution in [2.24, 2.45) is 11.8 Å². The monoisotopic (exact) mass is 174 g/mol. The molecule has 64 valence electrons. The maximum Gasteiger partial charge on any atom is 0.0348 e. The van der Waals surface area contributed by atoms with E-state index in [-0.39, 0.29) is 0 Å². The molecular formula is C8H15ClN2. The topological polar surface area (TPSA) is 24.1 Å². The van der Waals surface area contributed by atoms with Gasteiger partial charge in [-0.3, -0.25) is 0 Å². The van der Waals surface area contributed by atoms with E-state index < -0.39 is 0 Å². The zero-order chi connectivity index (χ0) is 7.68. The first-order valence-electron chi connectivity index (χ1n) is 4.42.